The van der Waals surface area contributed by atoms with Crippen molar-refractivity contribution in [2.75, 3.05) is 16.8 Å². The van der Waals surface area contributed by atoms with E-state index in [0.717, 1.165) is 35.7 Å². The molecule has 0 saturated carbocycles. The van der Waals surface area contributed by atoms with Gasteiger partial charge in [0.2, 0.25) is 5.95 Å². The van der Waals surface area contributed by atoms with E-state index in [4.69, 9.17) is 4.98 Å². The number of thiophene rings is 1. The van der Waals surface area contributed by atoms with E-state index in [-0.39, 0.29) is 5.82 Å². The summed E-state index contributed by atoms with van der Waals surface area (Å²) in [5, 5.41) is 5.40. The molecule has 0 saturated heterocycles. The van der Waals surface area contributed by atoms with E-state index in [1.165, 1.54) is 22.6 Å². The predicted octanol–water partition coefficient (Wildman–Crippen LogP) is 5.16. The number of anilines is 3. The average Bonchev–Trinajstić information content (AvgIpc) is 3.07. The summed E-state index contributed by atoms with van der Waals surface area (Å²) in [4.78, 5) is 13.0. The Morgan fingerprint density at radius 1 is 1.19 bits per heavy atom. The lowest BCUT2D eigenvalue weighted by Gasteiger charge is -2.34. The minimum atomic E-state index is -0.243. The van der Waals surface area contributed by atoms with E-state index >= 15 is 0 Å². The fraction of sp³-hybridized carbons (Fsp3) is 0.300. The van der Waals surface area contributed by atoms with Crippen molar-refractivity contribution in [3.8, 4) is 0 Å². The molecule has 1 aliphatic rings. The average molecular weight is 368 g/mol. The van der Waals surface area contributed by atoms with E-state index in [0.29, 0.717) is 12.0 Å². The Morgan fingerprint density at radius 2 is 2.04 bits per heavy atom. The molecule has 134 valence electrons. The summed E-state index contributed by atoms with van der Waals surface area (Å²) in [6.07, 6.45) is 1.03. The van der Waals surface area contributed by atoms with E-state index in [2.05, 4.69) is 33.6 Å². The Morgan fingerprint density at radius 3 is 2.85 bits per heavy atom. The fourth-order valence-corrected chi connectivity index (χ4v) is 4.48. The lowest BCUT2D eigenvalue weighted by Crippen LogP contribution is -2.33. The molecule has 0 aliphatic carbocycles. The molecule has 26 heavy (non-hydrogen) atoms. The molecule has 4 nitrogen and oxygen atoms in total. The maximum Gasteiger partial charge on any atom is 0.229 e. The van der Waals surface area contributed by atoms with Crippen molar-refractivity contribution in [1.29, 1.82) is 0 Å². The second-order valence-corrected chi connectivity index (χ2v) is 7.65. The van der Waals surface area contributed by atoms with Crippen LogP contribution in [0, 0.1) is 19.7 Å². The Labute approximate surface area is 156 Å². The van der Waals surface area contributed by atoms with Crippen LogP contribution in [-0.2, 0) is 6.42 Å². The zero-order valence-electron chi connectivity index (χ0n) is 15.1. The number of nitrogens with one attached hydrogen (secondary N) is 1. The largest absolute Gasteiger partial charge is 0.349 e. The third-order valence-corrected chi connectivity index (χ3v) is 5.95. The van der Waals surface area contributed by atoms with Gasteiger partial charge in [0.05, 0.1) is 6.04 Å². The summed E-state index contributed by atoms with van der Waals surface area (Å²) in [7, 11) is 0. The van der Waals surface area contributed by atoms with Gasteiger partial charge in [-0.25, -0.2) is 9.37 Å². The number of fused-ring (bicyclic) bond motifs is 1. The van der Waals surface area contributed by atoms with Crippen molar-refractivity contribution in [2.24, 2.45) is 0 Å². The molecule has 3 aromatic rings. The number of rotatable bonds is 3. The Kier molecular flexibility index (Phi) is 4.36. The molecular weight excluding hydrogens is 347 g/mol. The second kappa shape index (κ2) is 6.68. The number of halogens is 1. The van der Waals surface area contributed by atoms with Crippen molar-refractivity contribution < 1.29 is 4.39 Å². The van der Waals surface area contributed by atoms with Crippen molar-refractivity contribution >= 4 is 28.8 Å². The summed E-state index contributed by atoms with van der Waals surface area (Å²) in [5.41, 5.74) is 3.99. The molecule has 1 aliphatic heterocycles. The van der Waals surface area contributed by atoms with E-state index in [9.17, 15) is 4.39 Å². The Bertz CT molecular complexity index is 953. The van der Waals surface area contributed by atoms with Crippen LogP contribution in [0.1, 0.15) is 34.7 Å². The minimum Gasteiger partial charge on any atom is -0.349 e. The minimum absolute atomic E-state index is 0.243. The van der Waals surface area contributed by atoms with Crippen LogP contribution in [0.3, 0.4) is 0 Å². The molecular formula is C20H21FN4S. The predicted molar refractivity (Wildman–Crippen MR) is 105 cm³/mol. The van der Waals surface area contributed by atoms with Crippen molar-refractivity contribution in [1.82, 2.24) is 9.97 Å². The smallest absolute Gasteiger partial charge is 0.229 e. The van der Waals surface area contributed by atoms with Crippen LogP contribution < -0.4 is 10.2 Å². The first kappa shape index (κ1) is 17.0. The van der Waals surface area contributed by atoms with Crippen LogP contribution >= 0.6 is 11.3 Å². The Balaban J connectivity index is 1.64. The van der Waals surface area contributed by atoms with Gasteiger partial charge < -0.3 is 10.2 Å². The highest BCUT2D eigenvalue weighted by molar-refractivity contribution is 7.10. The van der Waals surface area contributed by atoms with Crippen LogP contribution in [-0.4, -0.2) is 16.5 Å². The molecule has 1 N–H and O–H groups in total. The quantitative estimate of drug-likeness (QED) is 0.693. The summed E-state index contributed by atoms with van der Waals surface area (Å²) in [5.74, 6) is 1.22. The van der Waals surface area contributed by atoms with Gasteiger partial charge in [-0.05, 0) is 68.0 Å². The van der Waals surface area contributed by atoms with Gasteiger partial charge in [0.1, 0.15) is 11.6 Å². The van der Waals surface area contributed by atoms with Gasteiger partial charge in [0.15, 0.2) is 0 Å². The van der Waals surface area contributed by atoms with Gasteiger partial charge in [0.25, 0.3) is 0 Å². The topological polar surface area (TPSA) is 41.1 Å². The highest BCUT2D eigenvalue weighted by Crippen LogP contribution is 2.36. The van der Waals surface area contributed by atoms with Crippen molar-refractivity contribution in [3.63, 3.8) is 0 Å². The first-order valence-corrected chi connectivity index (χ1v) is 9.61. The first-order chi connectivity index (χ1) is 12.5. The molecule has 1 aromatic carbocycles. The van der Waals surface area contributed by atoms with Gasteiger partial charge in [0, 0.05) is 28.9 Å². The highest BCUT2D eigenvalue weighted by Gasteiger charge is 2.26. The molecule has 1 unspecified atom stereocenters. The zero-order chi connectivity index (χ0) is 18.3. The Hall–Kier alpha value is -2.47. The van der Waals surface area contributed by atoms with Gasteiger partial charge in [-0.15, -0.1) is 11.3 Å². The summed E-state index contributed by atoms with van der Waals surface area (Å²) in [6.45, 7) is 7.01. The monoisotopic (exact) mass is 368 g/mol. The number of hydrogen-bond acceptors (Lipinski definition) is 5. The molecule has 6 heteroatoms. The van der Waals surface area contributed by atoms with Gasteiger partial charge in [-0.2, -0.15) is 4.98 Å². The van der Waals surface area contributed by atoms with Gasteiger partial charge >= 0.3 is 0 Å². The molecule has 0 fully saturated rings. The van der Waals surface area contributed by atoms with Crippen LogP contribution in [0.2, 0.25) is 0 Å². The second-order valence-electron chi connectivity index (χ2n) is 6.70. The first-order valence-electron chi connectivity index (χ1n) is 8.73. The molecule has 1 atom stereocenters. The van der Waals surface area contributed by atoms with Crippen LogP contribution in [0.5, 0.6) is 0 Å². The number of aromatic nitrogens is 2. The number of nitrogens with zero attached hydrogens (tertiary/aromatic N) is 3. The number of hydrogen-bond donors (Lipinski definition) is 1. The lowest BCUT2D eigenvalue weighted by molar-refractivity contribution is 0.626. The molecule has 2 aromatic heterocycles. The van der Waals surface area contributed by atoms with Crippen LogP contribution in [0.4, 0.5) is 21.8 Å². The van der Waals surface area contributed by atoms with Crippen molar-refractivity contribution in [2.45, 2.75) is 33.2 Å². The van der Waals surface area contributed by atoms with Crippen LogP contribution in [0.15, 0.2) is 35.7 Å². The standard InChI is InChI=1S/C20H21FN4S/c1-12-10-16(21)4-5-17(12)23-20-22-13(2)11-18(24-20)25-8-6-15-7-9-26-19(15)14(25)3/h4-5,7,9-11,14H,6,8H2,1-3H3,(H,22,23,24). The lowest BCUT2D eigenvalue weighted by atomic mass is 10.0. The molecule has 0 spiro atoms. The maximum absolute atomic E-state index is 13.3. The molecule has 4 rings (SSSR count). The van der Waals surface area contributed by atoms with Crippen molar-refractivity contribution in [3.05, 3.63) is 63.2 Å². The van der Waals surface area contributed by atoms with E-state index < -0.39 is 0 Å². The summed E-state index contributed by atoms with van der Waals surface area (Å²) < 4.78 is 13.3. The molecule has 0 amide bonds. The molecule has 3 heterocycles. The highest BCUT2D eigenvalue weighted by atomic mass is 32.1. The molecule has 0 radical (unpaired) electrons. The van der Waals surface area contributed by atoms with Gasteiger partial charge in [-0.1, -0.05) is 0 Å². The summed E-state index contributed by atoms with van der Waals surface area (Å²) in [6, 6.07) is 9.22. The normalized spacial score (nSPS) is 16.5. The SMILES string of the molecule is Cc1cc(N2CCc3ccsc3C2C)nc(Nc2ccc(F)cc2C)n1. The van der Waals surface area contributed by atoms with E-state index in [1.807, 2.05) is 31.3 Å². The summed E-state index contributed by atoms with van der Waals surface area (Å²) >= 11 is 1.81. The number of aryl methyl sites for hydroxylation is 2. The van der Waals surface area contributed by atoms with E-state index in [1.54, 1.807) is 6.07 Å². The van der Waals surface area contributed by atoms with Gasteiger partial charge in [-0.3, -0.25) is 0 Å². The number of benzene rings is 1. The zero-order valence-corrected chi connectivity index (χ0v) is 15.9. The molecule has 0 bridgehead atoms. The third kappa shape index (κ3) is 3.17. The van der Waals surface area contributed by atoms with Crippen LogP contribution in [0.25, 0.3) is 0 Å². The third-order valence-electron chi connectivity index (χ3n) is 4.82. The maximum atomic E-state index is 13.3. The fourth-order valence-electron chi connectivity index (χ4n) is 3.45.